The predicted molar refractivity (Wildman–Crippen MR) is 88.9 cm³/mol. The first-order valence-corrected chi connectivity index (χ1v) is 8.45. The lowest BCUT2D eigenvalue weighted by Crippen LogP contribution is -2.44. The Hall–Kier alpha value is -2.16. The van der Waals surface area contributed by atoms with Gasteiger partial charge in [0, 0.05) is 11.5 Å². The Morgan fingerprint density at radius 2 is 1.78 bits per heavy atom. The first kappa shape index (κ1) is 14.4. The molecule has 4 rings (SSSR count). The second-order valence-electron chi connectivity index (χ2n) is 6.76. The lowest BCUT2D eigenvalue weighted by molar-refractivity contribution is -0.0227. The van der Waals surface area contributed by atoms with Crippen molar-refractivity contribution in [1.82, 2.24) is 0 Å². The molecule has 3 unspecified atom stereocenters. The SMILES string of the molecule is CCC1(c2ccc(O)cc2)Oc2ccc(O)cc2C2CCCC21. The summed E-state index contributed by atoms with van der Waals surface area (Å²) in [6.07, 6.45) is 4.35. The molecule has 1 aliphatic carbocycles. The van der Waals surface area contributed by atoms with E-state index in [9.17, 15) is 10.2 Å². The van der Waals surface area contributed by atoms with Crippen LogP contribution < -0.4 is 4.74 Å². The third kappa shape index (κ3) is 2.10. The summed E-state index contributed by atoms with van der Waals surface area (Å²) in [5, 5.41) is 19.5. The number of rotatable bonds is 2. The van der Waals surface area contributed by atoms with Gasteiger partial charge in [0.2, 0.25) is 0 Å². The molecule has 120 valence electrons. The van der Waals surface area contributed by atoms with E-state index in [4.69, 9.17) is 4.74 Å². The van der Waals surface area contributed by atoms with Crippen LogP contribution in [-0.4, -0.2) is 10.2 Å². The number of fused-ring (bicyclic) bond motifs is 3. The van der Waals surface area contributed by atoms with Crippen LogP contribution in [0.25, 0.3) is 0 Å². The number of phenols is 2. The maximum Gasteiger partial charge on any atom is 0.137 e. The lowest BCUT2D eigenvalue weighted by Gasteiger charge is -2.46. The van der Waals surface area contributed by atoms with E-state index in [0.717, 1.165) is 36.1 Å². The number of phenolic OH excluding ortho intramolecular Hbond substituents is 2. The van der Waals surface area contributed by atoms with Gasteiger partial charge in [-0.15, -0.1) is 0 Å². The van der Waals surface area contributed by atoms with Crippen molar-refractivity contribution < 1.29 is 14.9 Å². The second-order valence-corrected chi connectivity index (χ2v) is 6.76. The molecule has 1 heterocycles. The Morgan fingerprint density at radius 3 is 2.52 bits per heavy atom. The molecule has 0 saturated heterocycles. The molecule has 3 heteroatoms. The molecule has 2 aromatic rings. The average molecular weight is 310 g/mol. The molecule has 0 amide bonds. The van der Waals surface area contributed by atoms with Crippen LogP contribution in [0.5, 0.6) is 17.2 Å². The maximum absolute atomic E-state index is 9.86. The number of hydrogen-bond donors (Lipinski definition) is 2. The normalized spacial score (nSPS) is 28.7. The smallest absolute Gasteiger partial charge is 0.137 e. The molecule has 2 aromatic carbocycles. The Morgan fingerprint density at radius 1 is 1.04 bits per heavy atom. The van der Waals surface area contributed by atoms with Crippen molar-refractivity contribution in [1.29, 1.82) is 0 Å². The van der Waals surface area contributed by atoms with Gasteiger partial charge >= 0.3 is 0 Å². The summed E-state index contributed by atoms with van der Waals surface area (Å²) in [5.41, 5.74) is 1.93. The van der Waals surface area contributed by atoms with Gasteiger partial charge in [-0.25, -0.2) is 0 Å². The van der Waals surface area contributed by atoms with E-state index >= 15 is 0 Å². The van der Waals surface area contributed by atoms with Gasteiger partial charge in [-0.05, 0) is 61.1 Å². The first-order valence-electron chi connectivity index (χ1n) is 8.45. The number of ether oxygens (including phenoxy) is 1. The van der Waals surface area contributed by atoms with E-state index in [1.807, 2.05) is 24.3 Å². The topological polar surface area (TPSA) is 49.7 Å². The minimum atomic E-state index is -0.348. The van der Waals surface area contributed by atoms with Crippen molar-refractivity contribution in [3.05, 3.63) is 53.6 Å². The van der Waals surface area contributed by atoms with E-state index in [1.165, 1.54) is 6.42 Å². The lowest BCUT2D eigenvalue weighted by atomic mass is 9.70. The zero-order valence-corrected chi connectivity index (χ0v) is 13.3. The third-order valence-corrected chi connectivity index (χ3v) is 5.68. The molecule has 2 N–H and O–H groups in total. The summed E-state index contributed by atoms with van der Waals surface area (Å²) in [6.45, 7) is 2.17. The second kappa shape index (κ2) is 5.19. The summed E-state index contributed by atoms with van der Waals surface area (Å²) in [7, 11) is 0. The fourth-order valence-electron chi connectivity index (χ4n) is 4.64. The van der Waals surface area contributed by atoms with Crippen LogP contribution in [0.4, 0.5) is 0 Å². The van der Waals surface area contributed by atoms with Crippen molar-refractivity contribution in [2.24, 2.45) is 5.92 Å². The van der Waals surface area contributed by atoms with Gasteiger partial charge < -0.3 is 14.9 Å². The Kier molecular flexibility index (Phi) is 3.26. The summed E-state index contributed by atoms with van der Waals surface area (Å²) >= 11 is 0. The maximum atomic E-state index is 9.86. The van der Waals surface area contributed by atoms with Gasteiger partial charge in [-0.1, -0.05) is 25.5 Å². The van der Waals surface area contributed by atoms with Gasteiger partial charge in [-0.2, -0.15) is 0 Å². The molecule has 1 aliphatic heterocycles. The van der Waals surface area contributed by atoms with Gasteiger partial charge in [0.25, 0.3) is 0 Å². The van der Waals surface area contributed by atoms with Crippen molar-refractivity contribution >= 4 is 0 Å². The van der Waals surface area contributed by atoms with Crippen molar-refractivity contribution in [2.45, 2.75) is 44.1 Å². The molecular formula is C20H22O3. The van der Waals surface area contributed by atoms with Crippen LogP contribution in [-0.2, 0) is 5.60 Å². The molecule has 0 spiro atoms. The summed E-state index contributed by atoms with van der Waals surface area (Å²) < 4.78 is 6.57. The minimum Gasteiger partial charge on any atom is -0.508 e. The van der Waals surface area contributed by atoms with Crippen LogP contribution in [0.2, 0.25) is 0 Å². The monoisotopic (exact) mass is 310 g/mol. The van der Waals surface area contributed by atoms with E-state index < -0.39 is 0 Å². The quantitative estimate of drug-likeness (QED) is 0.846. The van der Waals surface area contributed by atoms with Crippen molar-refractivity contribution in [3.8, 4) is 17.2 Å². The van der Waals surface area contributed by atoms with Gasteiger partial charge in [0.15, 0.2) is 0 Å². The molecule has 0 aromatic heterocycles. The fourth-order valence-corrected chi connectivity index (χ4v) is 4.64. The molecule has 0 radical (unpaired) electrons. The minimum absolute atomic E-state index is 0.282. The molecule has 0 bridgehead atoms. The van der Waals surface area contributed by atoms with E-state index in [0.29, 0.717) is 17.6 Å². The highest BCUT2D eigenvalue weighted by Crippen LogP contribution is 2.58. The average Bonchev–Trinajstić information content (AvgIpc) is 3.06. The number of hydrogen-bond acceptors (Lipinski definition) is 3. The van der Waals surface area contributed by atoms with Crippen molar-refractivity contribution in [2.75, 3.05) is 0 Å². The molecule has 3 nitrogen and oxygen atoms in total. The summed E-state index contributed by atoms with van der Waals surface area (Å²) in [6, 6.07) is 12.9. The Labute approximate surface area is 136 Å². The van der Waals surface area contributed by atoms with Gasteiger partial charge in [0.05, 0.1) is 0 Å². The zero-order valence-electron chi connectivity index (χ0n) is 13.3. The molecule has 1 saturated carbocycles. The van der Waals surface area contributed by atoms with E-state index in [1.54, 1.807) is 18.2 Å². The van der Waals surface area contributed by atoms with Crippen molar-refractivity contribution in [3.63, 3.8) is 0 Å². The molecule has 1 fully saturated rings. The highest BCUT2D eigenvalue weighted by atomic mass is 16.5. The standard InChI is InChI=1S/C20H22O3/c1-2-20(13-6-8-14(21)9-7-13)18-5-3-4-16(18)17-12-15(22)10-11-19(17)23-20/h6-12,16,18,21-22H,2-5H2,1H3. The predicted octanol–water partition coefficient (Wildman–Crippen LogP) is 4.68. The van der Waals surface area contributed by atoms with Crippen LogP contribution in [0.1, 0.15) is 49.7 Å². The molecular weight excluding hydrogens is 288 g/mol. The van der Waals surface area contributed by atoms with Crippen LogP contribution >= 0.6 is 0 Å². The summed E-state index contributed by atoms with van der Waals surface area (Å²) in [5.74, 6) is 2.32. The van der Waals surface area contributed by atoms with E-state index in [-0.39, 0.29) is 11.4 Å². The highest BCUT2D eigenvalue weighted by Gasteiger charge is 2.51. The molecule has 2 aliphatic rings. The molecule has 23 heavy (non-hydrogen) atoms. The largest absolute Gasteiger partial charge is 0.508 e. The summed E-state index contributed by atoms with van der Waals surface area (Å²) in [4.78, 5) is 0. The van der Waals surface area contributed by atoms with E-state index in [2.05, 4.69) is 6.92 Å². The Bertz CT molecular complexity index is 722. The fraction of sp³-hybridized carbons (Fsp3) is 0.400. The Balaban J connectivity index is 1.87. The third-order valence-electron chi connectivity index (χ3n) is 5.68. The van der Waals surface area contributed by atoms with Gasteiger partial charge in [0.1, 0.15) is 22.8 Å². The molecule has 3 atom stereocenters. The highest BCUT2D eigenvalue weighted by molar-refractivity contribution is 5.47. The number of aromatic hydroxyl groups is 2. The van der Waals surface area contributed by atoms with Gasteiger partial charge in [-0.3, -0.25) is 0 Å². The zero-order chi connectivity index (χ0) is 16.0. The first-order chi connectivity index (χ1) is 11.1. The van der Waals surface area contributed by atoms with Crippen LogP contribution in [0.15, 0.2) is 42.5 Å². The van der Waals surface area contributed by atoms with Crippen LogP contribution in [0.3, 0.4) is 0 Å². The van der Waals surface area contributed by atoms with Crippen LogP contribution in [0, 0.1) is 5.92 Å². The number of benzene rings is 2.